The molecular weight excluding hydrogens is 360 g/mol. The van der Waals surface area contributed by atoms with Crippen molar-refractivity contribution in [3.8, 4) is 17.1 Å². The van der Waals surface area contributed by atoms with Crippen LogP contribution in [0.3, 0.4) is 0 Å². The molecule has 2 bridgehead atoms. The Labute approximate surface area is 171 Å². The molecule has 1 heterocycles. The second-order valence-corrected chi connectivity index (χ2v) is 8.47. The van der Waals surface area contributed by atoms with Crippen molar-refractivity contribution >= 4 is 5.91 Å². The van der Waals surface area contributed by atoms with Gasteiger partial charge in [-0.1, -0.05) is 55.0 Å². The minimum atomic E-state index is -0.188. The molecule has 0 aliphatic heterocycles. The van der Waals surface area contributed by atoms with Crippen LogP contribution in [0.1, 0.15) is 43.2 Å². The van der Waals surface area contributed by atoms with E-state index in [4.69, 9.17) is 0 Å². The summed E-state index contributed by atoms with van der Waals surface area (Å²) in [6, 6.07) is 19.9. The third kappa shape index (κ3) is 3.46. The van der Waals surface area contributed by atoms with Gasteiger partial charge < -0.3 is 5.32 Å². The Kier molecular flexibility index (Phi) is 4.66. The molecule has 3 aromatic rings. The molecule has 0 radical (unpaired) electrons. The zero-order valence-electron chi connectivity index (χ0n) is 16.7. The van der Waals surface area contributed by atoms with Gasteiger partial charge in [0.05, 0.1) is 5.69 Å². The summed E-state index contributed by atoms with van der Waals surface area (Å²) in [7, 11) is 0. The third-order valence-corrected chi connectivity index (χ3v) is 6.64. The molecule has 2 aliphatic carbocycles. The van der Waals surface area contributed by atoms with Crippen LogP contribution < -0.4 is 5.32 Å². The van der Waals surface area contributed by atoms with Crippen molar-refractivity contribution in [3.63, 3.8) is 0 Å². The second kappa shape index (κ2) is 7.47. The summed E-state index contributed by atoms with van der Waals surface area (Å²) < 4.78 is 1.76. The van der Waals surface area contributed by atoms with E-state index in [1.165, 1.54) is 25.7 Å². The molecule has 2 saturated carbocycles. The van der Waals surface area contributed by atoms with Crippen LogP contribution in [0.5, 0.6) is 0 Å². The van der Waals surface area contributed by atoms with Crippen LogP contribution in [0, 0.1) is 17.8 Å². The van der Waals surface area contributed by atoms with Gasteiger partial charge in [-0.15, -0.1) is 5.10 Å². The quantitative estimate of drug-likeness (QED) is 0.703. The van der Waals surface area contributed by atoms with E-state index >= 15 is 0 Å². The predicted molar refractivity (Wildman–Crippen MR) is 113 cm³/mol. The predicted octanol–water partition coefficient (Wildman–Crippen LogP) is 4.49. The minimum Gasteiger partial charge on any atom is -0.347 e. The van der Waals surface area contributed by atoms with Gasteiger partial charge in [0, 0.05) is 11.6 Å². The lowest BCUT2D eigenvalue weighted by molar-refractivity contribution is 0.0905. The van der Waals surface area contributed by atoms with E-state index in [-0.39, 0.29) is 17.8 Å². The number of carbonyl (C=O) groups excluding carboxylic acids is 1. The number of aromatic nitrogens is 3. The Morgan fingerprint density at radius 2 is 1.76 bits per heavy atom. The van der Waals surface area contributed by atoms with Crippen LogP contribution in [0.15, 0.2) is 60.7 Å². The van der Waals surface area contributed by atoms with Crippen LogP contribution in [-0.4, -0.2) is 26.7 Å². The molecule has 1 N–H and O–H groups in total. The highest BCUT2D eigenvalue weighted by Gasteiger charge is 2.42. The maximum atomic E-state index is 13.0. The molecule has 1 aromatic heterocycles. The standard InChI is InChI=1S/C24H26N4O/c1-16(21-15-17-12-13-19(21)14-17)25-24(29)22-26-23(18-8-4-2-5-9-18)28(27-22)20-10-6-3-7-11-20/h2-11,16-17,19,21H,12-15H2,1H3,(H,25,29)/t16-,17-,19-,21+/m0/s1. The second-order valence-electron chi connectivity index (χ2n) is 8.47. The Balaban J connectivity index is 1.43. The largest absolute Gasteiger partial charge is 0.347 e. The fraction of sp³-hybridized carbons (Fsp3) is 0.375. The summed E-state index contributed by atoms with van der Waals surface area (Å²) in [5.74, 6) is 2.93. The third-order valence-electron chi connectivity index (χ3n) is 6.64. The molecule has 4 atom stereocenters. The van der Waals surface area contributed by atoms with Crippen molar-refractivity contribution in [1.82, 2.24) is 20.1 Å². The Morgan fingerprint density at radius 3 is 2.41 bits per heavy atom. The molecular formula is C24H26N4O. The molecule has 2 aromatic carbocycles. The van der Waals surface area contributed by atoms with Crippen molar-refractivity contribution < 1.29 is 4.79 Å². The number of benzene rings is 2. The summed E-state index contributed by atoms with van der Waals surface area (Å²) in [5, 5.41) is 7.77. The number of nitrogens with zero attached hydrogens (tertiary/aromatic N) is 3. The highest BCUT2D eigenvalue weighted by molar-refractivity contribution is 5.91. The Hall–Kier alpha value is -2.95. The molecule has 0 spiro atoms. The topological polar surface area (TPSA) is 59.8 Å². The van der Waals surface area contributed by atoms with Gasteiger partial charge in [-0.3, -0.25) is 4.79 Å². The lowest BCUT2D eigenvalue weighted by Gasteiger charge is -2.28. The average Bonchev–Trinajstić information content (AvgIpc) is 3.50. The van der Waals surface area contributed by atoms with Crippen molar-refractivity contribution in [2.75, 3.05) is 0 Å². The fourth-order valence-corrected chi connectivity index (χ4v) is 5.22. The number of rotatable bonds is 5. The first-order valence-electron chi connectivity index (χ1n) is 10.6. The molecule has 5 nitrogen and oxygen atoms in total. The summed E-state index contributed by atoms with van der Waals surface area (Å²) in [6.07, 6.45) is 5.26. The average molecular weight is 386 g/mol. The molecule has 148 valence electrons. The van der Waals surface area contributed by atoms with Crippen molar-refractivity contribution in [3.05, 3.63) is 66.5 Å². The van der Waals surface area contributed by atoms with Gasteiger partial charge in [0.1, 0.15) is 0 Å². The normalized spacial score (nSPS) is 23.8. The molecule has 1 amide bonds. The van der Waals surface area contributed by atoms with Gasteiger partial charge in [-0.05, 0) is 56.1 Å². The van der Waals surface area contributed by atoms with Crippen molar-refractivity contribution in [2.24, 2.45) is 17.8 Å². The first-order chi connectivity index (χ1) is 14.2. The Bertz CT molecular complexity index is 941. The number of amides is 1. The van der Waals surface area contributed by atoms with Crippen LogP contribution in [0.2, 0.25) is 0 Å². The first-order valence-corrected chi connectivity index (χ1v) is 10.6. The van der Waals surface area contributed by atoms with Gasteiger partial charge in [0.15, 0.2) is 5.82 Å². The summed E-state index contributed by atoms with van der Waals surface area (Å²) >= 11 is 0. The number of hydrogen-bond donors (Lipinski definition) is 1. The molecule has 2 aliphatic rings. The SMILES string of the molecule is C[C@H](NC(=O)c1nc(-c2ccccc2)n(-c2ccccc2)n1)[C@H]1C[C@H]2CC[C@H]1C2. The summed E-state index contributed by atoms with van der Waals surface area (Å²) in [5.41, 5.74) is 1.82. The van der Waals surface area contributed by atoms with Crippen molar-refractivity contribution in [1.29, 1.82) is 0 Å². The lowest BCUT2D eigenvalue weighted by Crippen LogP contribution is -2.40. The minimum absolute atomic E-state index is 0.154. The Morgan fingerprint density at radius 1 is 1.03 bits per heavy atom. The van der Waals surface area contributed by atoms with Crippen molar-refractivity contribution in [2.45, 2.75) is 38.6 Å². The van der Waals surface area contributed by atoms with Crippen LogP contribution in [-0.2, 0) is 0 Å². The smallest absolute Gasteiger partial charge is 0.291 e. The van der Waals surface area contributed by atoms with Gasteiger partial charge in [0.25, 0.3) is 5.91 Å². The van der Waals surface area contributed by atoms with Gasteiger partial charge in [0.2, 0.25) is 5.82 Å². The number of fused-ring (bicyclic) bond motifs is 2. The van der Waals surface area contributed by atoms with Crippen LogP contribution in [0.25, 0.3) is 17.1 Å². The molecule has 0 saturated heterocycles. The van der Waals surface area contributed by atoms with E-state index in [1.807, 2.05) is 60.7 Å². The monoisotopic (exact) mass is 386 g/mol. The molecule has 2 fully saturated rings. The van der Waals surface area contributed by atoms with Crippen LogP contribution >= 0.6 is 0 Å². The molecule has 5 heteroatoms. The van der Waals surface area contributed by atoms with E-state index in [9.17, 15) is 4.79 Å². The number of hydrogen-bond acceptors (Lipinski definition) is 3. The lowest BCUT2D eigenvalue weighted by atomic mass is 9.84. The first kappa shape index (κ1) is 18.1. The fourth-order valence-electron chi connectivity index (χ4n) is 5.22. The van der Waals surface area contributed by atoms with E-state index in [2.05, 4.69) is 22.3 Å². The number of nitrogens with one attached hydrogen (secondary N) is 1. The maximum absolute atomic E-state index is 13.0. The maximum Gasteiger partial charge on any atom is 0.291 e. The zero-order valence-corrected chi connectivity index (χ0v) is 16.7. The highest BCUT2D eigenvalue weighted by atomic mass is 16.2. The summed E-state index contributed by atoms with van der Waals surface area (Å²) in [4.78, 5) is 17.6. The van der Waals surface area contributed by atoms with Gasteiger partial charge in [-0.25, -0.2) is 9.67 Å². The van der Waals surface area contributed by atoms with Gasteiger partial charge >= 0.3 is 0 Å². The highest BCUT2D eigenvalue weighted by Crippen LogP contribution is 2.49. The van der Waals surface area contributed by atoms with Gasteiger partial charge in [-0.2, -0.15) is 0 Å². The number of para-hydroxylation sites is 1. The number of carbonyl (C=O) groups is 1. The molecule has 0 unspecified atom stereocenters. The zero-order chi connectivity index (χ0) is 19.8. The summed E-state index contributed by atoms with van der Waals surface area (Å²) in [6.45, 7) is 2.13. The van der Waals surface area contributed by atoms with E-state index in [0.717, 1.165) is 23.1 Å². The van der Waals surface area contributed by atoms with E-state index in [1.54, 1.807) is 4.68 Å². The van der Waals surface area contributed by atoms with E-state index in [0.29, 0.717) is 11.7 Å². The van der Waals surface area contributed by atoms with Crippen LogP contribution in [0.4, 0.5) is 0 Å². The molecule has 29 heavy (non-hydrogen) atoms. The van der Waals surface area contributed by atoms with E-state index < -0.39 is 0 Å². The molecule has 5 rings (SSSR count).